The topological polar surface area (TPSA) is 96.1 Å². The lowest BCUT2D eigenvalue weighted by atomic mass is 9.89. The molecule has 210 valence electrons. The number of anilines is 1. The van der Waals surface area contributed by atoms with Crippen LogP contribution in [-0.4, -0.2) is 44.0 Å². The molecule has 0 bridgehead atoms. The van der Waals surface area contributed by atoms with Crippen LogP contribution < -0.4 is 16.0 Å². The van der Waals surface area contributed by atoms with Gasteiger partial charge in [0.05, 0.1) is 17.5 Å². The number of benzene rings is 3. The summed E-state index contributed by atoms with van der Waals surface area (Å²) in [6, 6.07) is 15.9. The quantitative estimate of drug-likeness (QED) is 0.141. The molecule has 0 spiro atoms. The lowest BCUT2D eigenvalue weighted by Crippen LogP contribution is -2.19. The fourth-order valence-electron chi connectivity index (χ4n) is 4.29. The molecule has 0 fully saturated rings. The van der Waals surface area contributed by atoms with Gasteiger partial charge in [0.25, 0.3) is 0 Å². The zero-order chi connectivity index (χ0) is 27.8. The van der Waals surface area contributed by atoms with Gasteiger partial charge in [0.15, 0.2) is 0 Å². The number of aryl methyl sites for hydroxylation is 2. The van der Waals surface area contributed by atoms with E-state index < -0.39 is 0 Å². The number of carbonyl (C=O) groups excluding carboxylic acids is 1. The van der Waals surface area contributed by atoms with Gasteiger partial charge in [-0.25, -0.2) is 4.79 Å². The predicted molar refractivity (Wildman–Crippen MR) is 162 cm³/mol. The average Bonchev–Trinajstić information content (AvgIpc) is 2.89. The number of fused-ring (bicyclic) bond motifs is 2. The molecule has 1 aliphatic carbocycles. The molecule has 3 N–H and O–H groups in total. The molecular weight excluding hydrogens is 514 g/mol. The van der Waals surface area contributed by atoms with E-state index in [-0.39, 0.29) is 24.6 Å². The third-order valence-corrected chi connectivity index (χ3v) is 6.19. The number of hydrogen-bond donors (Lipinski definition) is 3. The molecule has 1 atom stereocenters. The maximum absolute atomic E-state index is 12.9. The molecule has 39 heavy (non-hydrogen) atoms. The van der Waals surface area contributed by atoms with Crippen molar-refractivity contribution in [3.63, 3.8) is 0 Å². The van der Waals surface area contributed by atoms with Gasteiger partial charge in [0, 0.05) is 47.4 Å². The van der Waals surface area contributed by atoms with Gasteiger partial charge in [-0.1, -0.05) is 18.2 Å². The first-order chi connectivity index (χ1) is 18.2. The van der Waals surface area contributed by atoms with Crippen LogP contribution in [0.5, 0.6) is 0 Å². The summed E-state index contributed by atoms with van der Waals surface area (Å²) in [7, 11) is 1.70. The first-order valence-corrected chi connectivity index (χ1v) is 13.1. The Morgan fingerprint density at radius 2 is 1.74 bits per heavy atom. The van der Waals surface area contributed by atoms with Crippen LogP contribution in [0, 0.1) is 13.8 Å². The summed E-state index contributed by atoms with van der Waals surface area (Å²) in [4.78, 5) is 17.5. The van der Waals surface area contributed by atoms with E-state index in [4.69, 9.17) is 14.3 Å². The van der Waals surface area contributed by atoms with E-state index in [1.165, 1.54) is 0 Å². The van der Waals surface area contributed by atoms with Gasteiger partial charge in [-0.3, -0.25) is 10.3 Å². The molecule has 0 aromatic heterocycles. The van der Waals surface area contributed by atoms with Crippen molar-refractivity contribution in [2.45, 2.75) is 47.8 Å². The van der Waals surface area contributed by atoms with E-state index in [9.17, 15) is 4.79 Å². The van der Waals surface area contributed by atoms with E-state index in [1.807, 2.05) is 50.2 Å². The molecule has 0 amide bonds. The summed E-state index contributed by atoms with van der Waals surface area (Å²) in [5.41, 5.74) is 7.25. The summed E-state index contributed by atoms with van der Waals surface area (Å²) in [5, 5.41) is 16.1. The highest BCUT2D eigenvalue weighted by Gasteiger charge is 2.23. The van der Waals surface area contributed by atoms with E-state index in [0.717, 1.165) is 62.1 Å². The normalized spacial score (nSPS) is 11.9. The van der Waals surface area contributed by atoms with Gasteiger partial charge >= 0.3 is 5.97 Å². The molecule has 8 heteroatoms. The van der Waals surface area contributed by atoms with Crippen LogP contribution in [0.15, 0.2) is 57.9 Å². The molecule has 0 saturated heterocycles. The Morgan fingerprint density at radius 1 is 1.05 bits per heavy atom. The van der Waals surface area contributed by atoms with Crippen molar-refractivity contribution in [2.75, 3.05) is 32.1 Å². The van der Waals surface area contributed by atoms with E-state index in [0.29, 0.717) is 18.7 Å². The molecule has 2 aromatic rings. The number of aliphatic hydroxyl groups excluding tert-OH is 1. The standard InChI is InChI=1S/C28H30N2O3.C3H9NO.ClH/c1-6-29-23-15-25-21(13-17(23)4)27(19-11-9-10-12-20(19)28(31)32-8-3)22-14-18(5)24(30-7-2)16-26(22)33-25;1-3(5)4-2;/h9-16,29H,6-8H2,1-5H3;3-5H,1-2H3;1H. The summed E-state index contributed by atoms with van der Waals surface area (Å²) in [6.07, 6.45) is -0.366. The highest BCUT2D eigenvalue weighted by Crippen LogP contribution is 2.43. The minimum Gasteiger partial charge on any atom is -0.462 e. The van der Waals surface area contributed by atoms with Crippen LogP contribution in [-0.2, 0) is 4.74 Å². The molecule has 7 nitrogen and oxygen atoms in total. The number of aliphatic hydroxyl groups is 1. The Bertz CT molecular complexity index is 1450. The Hall–Kier alpha value is -3.39. The van der Waals surface area contributed by atoms with Crippen molar-refractivity contribution in [3.8, 4) is 22.5 Å². The van der Waals surface area contributed by atoms with Crippen molar-refractivity contribution in [1.29, 1.82) is 0 Å². The minimum atomic E-state index is -0.366. The lowest BCUT2D eigenvalue weighted by Gasteiger charge is -2.19. The van der Waals surface area contributed by atoms with Crippen molar-refractivity contribution in [3.05, 3.63) is 70.6 Å². The van der Waals surface area contributed by atoms with Crippen molar-refractivity contribution in [2.24, 2.45) is 4.99 Å². The monoisotopic (exact) mass is 553 g/mol. The molecule has 1 unspecified atom stereocenters. The van der Waals surface area contributed by atoms with Gasteiger partial charge in [0.2, 0.25) is 0 Å². The fourth-order valence-corrected chi connectivity index (χ4v) is 4.29. The molecule has 2 aromatic carbocycles. The van der Waals surface area contributed by atoms with Crippen molar-refractivity contribution >= 4 is 35.0 Å². The second-order valence-electron chi connectivity index (χ2n) is 9.01. The minimum absolute atomic E-state index is 0. The lowest BCUT2D eigenvalue weighted by molar-refractivity contribution is 0.0527. The maximum Gasteiger partial charge on any atom is 0.338 e. The smallest absolute Gasteiger partial charge is 0.338 e. The number of esters is 1. The second kappa shape index (κ2) is 14.7. The predicted octanol–water partition coefficient (Wildman–Crippen LogP) is 6.32. The number of nitrogens with one attached hydrogen (secondary N) is 2. The third-order valence-electron chi connectivity index (χ3n) is 6.19. The van der Waals surface area contributed by atoms with Crippen molar-refractivity contribution < 1.29 is 19.1 Å². The third kappa shape index (κ3) is 7.38. The Labute approximate surface area is 237 Å². The molecule has 2 aliphatic rings. The largest absolute Gasteiger partial charge is 0.462 e. The van der Waals surface area contributed by atoms with Crippen LogP contribution >= 0.6 is 12.4 Å². The van der Waals surface area contributed by atoms with Crippen LogP contribution in [0.3, 0.4) is 0 Å². The number of halogens is 1. The van der Waals surface area contributed by atoms with E-state index in [2.05, 4.69) is 48.5 Å². The number of rotatable bonds is 7. The maximum atomic E-state index is 12.9. The first-order valence-electron chi connectivity index (χ1n) is 13.1. The molecule has 0 radical (unpaired) electrons. The van der Waals surface area contributed by atoms with Gasteiger partial charge in [-0.15, -0.1) is 12.4 Å². The van der Waals surface area contributed by atoms with Crippen LogP contribution in [0.4, 0.5) is 5.69 Å². The van der Waals surface area contributed by atoms with Gasteiger partial charge in [0.1, 0.15) is 17.6 Å². The molecule has 1 heterocycles. The first kappa shape index (κ1) is 31.8. The number of carbonyl (C=O) groups is 1. The second-order valence-corrected chi connectivity index (χ2v) is 9.01. The zero-order valence-electron chi connectivity index (χ0n) is 23.8. The van der Waals surface area contributed by atoms with Crippen molar-refractivity contribution in [1.82, 2.24) is 5.32 Å². The van der Waals surface area contributed by atoms with Gasteiger partial charge in [-0.2, -0.15) is 0 Å². The van der Waals surface area contributed by atoms with Crippen LogP contribution in [0.1, 0.15) is 49.2 Å². The summed E-state index contributed by atoms with van der Waals surface area (Å²) < 4.78 is 11.8. The fraction of sp³-hybridized carbons (Fsp3) is 0.355. The van der Waals surface area contributed by atoms with E-state index in [1.54, 1.807) is 14.0 Å². The number of ether oxygens (including phenoxy) is 1. The highest BCUT2D eigenvalue weighted by atomic mass is 35.5. The summed E-state index contributed by atoms with van der Waals surface area (Å²) in [5.74, 6) is 0.408. The summed E-state index contributed by atoms with van der Waals surface area (Å²) in [6.45, 7) is 13.6. The van der Waals surface area contributed by atoms with Crippen LogP contribution in [0.25, 0.3) is 33.4 Å². The molecule has 0 saturated carbocycles. The van der Waals surface area contributed by atoms with Gasteiger partial charge in [-0.05, 0) is 83.5 Å². The highest BCUT2D eigenvalue weighted by molar-refractivity contribution is 6.08. The van der Waals surface area contributed by atoms with Gasteiger partial charge < -0.3 is 19.6 Å². The Balaban J connectivity index is 0.000000816. The Kier molecular flexibility index (Phi) is 12.0. The number of hydrogen-bond acceptors (Lipinski definition) is 7. The molecule has 4 rings (SSSR count). The average molecular weight is 554 g/mol. The molecular formula is C31H40ClN3O4. The van der Waals surface area contributed by atoms with Crippen LogP contribution in [0.2, 0.25) is 0 Å². The molecule has 1 aliphatic heterocycles. The SMILES string of the molecule is CCN=c1cc2oc3cc(NCC)c(C)cc3c(-c3ccccc3C(=O)OCC)c-2cc1C.CNC(C)O.Cl. The van der Waals surface area contributed by atoms with E-state index >= 15 is 0 Å². The number of nitrogens with zero attached hydrogens (tertiary/aromatic N) is 1. The summed E-state index contributed by atoms with van der Waals surface area (Å²) >= 11 is 0. The Morgan fingerprint density at radius 3 is 2.36 bits per heavy atom. The zero-order valence-corrected chi connectivity index (χ0v) is 24.7.